The van der Waals surface area contributed by atoms with Crippen LogP contribution in [0.1, 0.15) is 46.5 Å². The lowest BCUT2D eigenvalue weighted by Gasteiger charge is -2.41. The van der Waals surface area contributed by atoms with Crippen LogP contribution in [0.15, 0.2) is 52.9 Å². The molecule has 3 aromatic rings. The molecule has 2 aliphatic rings. The second-order valence-electron chi connectivity index (χ2n) is 9.47. The van der Waals surface area contributed by atoms with E-state index in [1.807, 2.05) is 45.0 Å². The summed E-state index contributed by atoms with van der Waals surface area (Å²) >= 11 is 0. The fourth-order valence-electron chi connectivity index (χ4n) is 4.41. The molecule has 1 aliphatic carbocycles. The maximum absolute atomic E-state index is 13.4. The molecule has 1 saturated heterocycles. The van der Waals surface area contributed by atoms with Gasteiger partial charge in [0.15, 0.2) is 5.58 Å². The number of carbonyl (C=O) groups is 3. The van der Waals surface area contributed by atoms with E-state index < -0.39 is 11.6 Å². The Morgan fingerprint density at radius 2 is 1.82 bits per heavy atom. The number of carbonyl (C=O) groups excluding carboxylic acids is 3. The monoisotopic (exact) mass is 445 g/mol. The summed E-state index contributed by atoms with van der Waals surface area (Å²) < 4.78 is 5.81. The summed E-state index contributed by atoms with van der Waals surface area (Å²) in [6.45, 7) is 5.92. The van der Waals surface area contributed by atoms with E-state index in [9.17, 15) is 14.4 Å². The van der Waals surface area contributed by atoms with Crippen molar-refractivity contribution in [3.05, 3.63) is 48.5 Å². The molecule has 5 rings (SSSR count). The van der Waals surface area contributed by atoms with Crippen LogP contribution in [0.25, 0.3) is 22.6 Å². The highest BCUT2D eigenvalue weighted by molar-refractivity contribution is 6.23. The van der Waals surface area contributed by atoms with Crippen LogP contribution in [-0.4, -0.2) is 39.2 Å². The maximum Gasteiger partial charge on any atom is 0.257 e. The lowest BCUT2D eigenvalue weighted by Crippen LogP contribution is -2.56. The quantitative estimate of drug-likeness (QED) is 0.520. The fraction of sp³-hybridized carbons (Fsp3) is 0.385. The third kappa shape index (κ3) is 3.71. The van der Waals surface area contributed by atoms with Crippen molar-refractivity contribution in [1.82, 2.24) is 9.88 Å². The number of nitrogens with zero attached hydrogens (tertiary/aromatic N) is 3. The van der Waals surface area contributed by atoms with E-state index in [1.165, 1.54) is 4.90 Å². The summed E-state index contributed by atoms with van der Waals surface area (Å²) in [5.74, 6) is -0.194. The van der Waals surface area contributed by atoms with Crippen molar-refractivity contribution >= 4 is 34.5 Å². The van der Waals surface area contributed by atoms with Gasteiger partial charge in [-0.2, -0.15) is 0 Å². The second kappa shape index (κ2) is 7.83. The molecule has 0 bridgehead atoms. The fourth-order valence-corrected chi connectivity index (χ4v) is 4.41. The summed E-state index contributed by atoms with van der Waals surface area (Å²) in [7, 11) is 0. The van der Waals surface area contributed by atoms with E-state index in [2.05, 4.69) is 4.98 Å². The first-order valence-electron chi connectivity index (χ1n) is 11.5. The third-order valence-corrected chi connectivity index (χ3v) is 6.78. The highest BCUT2D eigenvalue weighted by atomic mass is 16.3. The molecule has 0 radical (unpaired) electrons. The highest BCUT2D eigenvalue weighted by Gasteiger charge is 2.50. The summed E-state index contributed by atoms with van der Waals surface area (Å²) in [6, 6.07) is 13.8. The summed E-state index contributed by atoms with van der Waals surface area (Å²) in [5.41, 5.74) is 2.20. The molecule has 7 nitrogen and oxygen atoms in total. The Kier molecular flexibility index (Phi) is 5.07. The first-order chi connectivity index (χ1) is 15.8. The van der Waals surface area contributed by atoms with Crippen molar-refractivity contribution in [3.8, 4) is 11.5 Å². The van der Waals surface area contributed by atoms with E-state index >= 15 is 0 Å². The molecule has 2 heterocycles. The van der Waals surface area contributed by atoms with Gasteiger partial charge in [-0.25, -0.2) is 9.88 Å². The molecule has 2 fully saturated rings. The Labute approximate surface area is 192 Å². The molecule has 0 spiro atoms. The zero-order valence-corrected chi connectivity index (χ0v) is 19.1. The van der Waals surface area contributed by atoms with Crippen LogP contribution < -0.4 is 4.90 Å². The predicted molar refractivity (Wildman–Crippen MR) is 124 cm³/mol. The first kappa shape index (κ1) is 21.4. The van der Waals surface area contributed by atoms with Gasteiger partial charge < -0.3 is 9.32 Å². The highest BCUT2D eigenvalue weighted by Crippen LogP contribution is 2.38. The molecule has 1 saturated carbocycles. The van der Waals surface area contributed by atoms with Crippen molar-refractivity contribution in [3.63, 3.8) is 0 Å². The Morgan fingerprint density at radius 3 is 2.45 bits per heavy atom. The molecule has 33 heavy (non-hydrogen) atoms. The van der Waals surface area contributed by atoms with Crippen LogP contribution in [0.5, 0.6) is 0 Å². The number of para-hydroxylation sites is 2. The van der Waals surface area contributed by atoms with Crippen LogP contribution >= 0.6 is 0 Å². The number of anilines is 1. The summed E-state index contributed by atoms with van der Waals surface area (Å²) in [4.78, 5) is 46.8. The Morgan fingerprint density at radius 1 is 1.12 bits per heavy atom. The molecule has 1 atom stereocenters. The van der Waals surface area contributed by atoms with E-state index in [0.717, 1.165) is 23.9 Å². The van der Waals surface area contributed by atoms with Crippen molar-refractivity contribution in [1.29, 1.82) is 0 Å². The van der Waals surface area contributed by atoms with Gasteiger partial charge in [0.25, 0.3) is 5.91 Å². The van der Waals surface area contributed by atoms with Gasteiger partial charge in [0, 0.05) is 17.0 Å². The van der Waals surface area contributed by atoms with Crippen molar-refractivity contribution in [2.75, 3.05) is 4.90 Å². The molecule has 7 heteroatoms. The number of rotatable bonds is 6. The minimum atomic E-state index is -0.766. The lowest BCUT2D eigenvalue weighted by atomic mass is 9.95. The number of fused-ring (bicyclic) bond motifs is 1. The molecule has 170 valence electrons. The average Bonchev–Trinajstić information content (AvgIpc) is 3.50. The summed E-state index contributed by atoms with van der Waals surface area (Å²) in [6.07, 6.45) is 2.41. The average molecular weight is 446 g/mol. The van der Waals surface area contributed by atoms with Gasteiger partial charge in [-0.3, -0.25) is 14.4 Å². The molecule has 3 amide bonds. The summed E-state index contributed by atoms with van der Waals surface area (Å²) in [5, 5.41) is 0. The number of imide groups is 1. The molecule has 2 aromatic carbocycles. The third-order valence-electron chi connectivity index (χ3n) is 6.78. The molecule has 1 aromatic heterocycles. The van der Waals surface area contributed by atoms with Gasteiger partial charge in [-0.05, 0) is 69.5 Å². The standard InChI is InChI=1S/C26H27N3O4/c1-4-26(2,3)29(24(31)17-9-10-17)20-15-22(30)28(25(20)32)18-13-11-16(12-14-18)23-27-19-7-5-6-8-21(19)33-23/h5-8,11-14,17,20H,4,9-10,15H2,1-3H3. The number of amides is 3. The van der Waals surface area contributed by atoms with Gasteiger partial charge in [0.2, 0.25) is 17.7 Å². The van der Waals surface area contributed by atoms with Crippen LogP contribution in [-0.2, 0) is 14.4 Å². The van der Waals surface area contributed by atoms with Crippen LogP contribution in [0.4, 0.5) is 5.69 Å². The number of hydrogen-bond donors (Lipinski definition) is 0. The van der Waals surface area contributed by atoms with Crippen molar-refractivity contribution in [2.45, 2.75) is 58.0 Å². The number of hydrogen-bond acceptors (Lipinski definition) is 5. The van der Waals surface area contributed by atoms with Crippen molar-refractivity contribution < 1.29 is 18.8 Å². The largest absolute Gasteiger partial charge is 0.436 e. The number of benzene rings is 2. The smallest absolute Gasteiger partial charge is 0.257 e. The maximum atomic E-state index is 13.4. The normalized spacial score (nSPS) is 18.9. The van der Waals surface area contributed by atoms with E-state index in [0.29, 0.717) is 23.6 Å². The lowest BCUT2D eigenvalue weighted by molar-refractivity contribution is -0.146. The minimum absolute atomic E-state index is 0.00754. The first-order valence-corrected chi connectivity index (χ1v) is 11.5. The Bertz CT molecular complexity index is 1210. The van der Waals surface area contributed by atoms with Gasteiger partial charge in [-0.15, -0.1) is 0 Å². The molecule has 1 aliphatic heterocycles. The molecular formula is C26H27N3O4. The Hall–Kier alpha value is -3.48. The van der Waals surface area contributed by atoms with Gasteiger partial charge in [0.1, 0.15) is 11.6 Å². The number of oxazole rings is 1. The Balaban J connectivity index is 1.42. The van der Waals surface area contributed by atoms with Gasteiger partial charge in [0.05, 0.1) is 12.1 Å². The number of aromatic nitrogens is 1. The zero-order chi connectivity index (χ0) is 23.3. The van der Waals surface area contributed by atoms with Crippen LogP contribution in [0, 0.1) is 5.92 Å². The zero-order valence-electron chi connectivity index (χ0n) is 19.1. The van der Waals surface area contributed by atoms with E-state index in [-0.39, 0.29) is 30.1 Å². The predicted octanol–water partition coefficient (Wildman–Crippen LogP) is 4.55. The molecule has 1 unspecified atom stereocenters. The van der Waals surface area contributed by atoms with Gasteiger partial charge >= 0.3 is 0 Å². The van der Waals surface area contributed by atoms with E-state index in [1.54, 1.807) is 29.2 Å². The van der Waals surface area contributed by atoms with Crippen LogP contribution in [0.3, 0.4) is 0 Å². The molecular weight excluding hydrogens is 418 g/mol. The van der Waals surface area contributed by atoms with Gasteiger partial charge in [-0.1, -0.05) is 19.1 Å². The molecule has 0 N–H and O–H groups in total. The second-order valence-corrected chi connectivity index (χ2v) is 9.47. The van der Waals surface area contributed by atoms with Crippen molar-refractivity contribution in [2.24, 2.45) is 5.92 Å². The van der Waals surface area contributed by atoms with E-state index in [4.69, 9.17) is 4.42 Å². The minimum Gasteiger partial charge on any atom is -0.436 e. The SMILES string of the molecule is CCC(C)(C)N(C(=O)C1CC1)C1CC(=O)N(c2ccc(-c3nc4ccccc4o3)cc2)C1=O. The topological polar surface area (TPSA) is 83.7 Å². The van der Waals surface area contributed by atoms with Crippen LogP contribution in [0.2, 0.25) is 0 Å².